The standard InChI is InChI=1S/C22H30N4O4S/c1-25-13-15-26(16-14-25)12-3-11-23-22(27)10-7-19-5-8-21(9-6-19)31(28,29)24-18-20-4-2-17-30-20/h2,4-10,17,24H,3,11-16,18H2,1H3,(H,23,27). The lowest BCUT2D eigenvalue weighted by Gasteiger charge is -2.32. The topological polar surface area (TPSA) is 94.9 Å². The van der Waals surface area contributed by atoms with Gasteiger partial charge in [-0.25, -0.2) is 13.1 Å². The van der Waals surface area contributed by atoms with Crippen molar-refractivity contribution in [3.63, 3.8) is 0 Å². The molecule has 1 aromatic heterocycles. The first-order valence-corrected chi connectivity index (χ1v) is 11.9. The van der Waals surface area contributed by atoms with Gasteiger partial charge in [0.25, 0.3) is 0 Å². The van der Waals surface area contributed by atoms with Crippen molar-refractivity contribution in [1.82, 2.24) is 19.8 Å². The number of carbonyl (C=O) groups is 1. The molecule has 0 atom stereocenters. The van der Waals surface area contributed by atoms with Crippen LogP contribution in [0.3, 0.4) is 0 Å². The Bertz CT molecular complexity index is 948. The van der Waals surface area contributed by atoms with Crippen molar-refractivity contribution in [1.29, 1.82) is 0 Å². The van der Waals surface area contributed by atoms with Crippen LogP contribution in [0.1, 0.15) is 17.7 Å². The number of hydrogen-bond donors (Lipinski definition) is 2. The van der Waals surface area contributed by atoms with Crippen molar-refractivity contribution in [2.45, 2.75) is 17.9 Å². The van der Waals surface area contributed by atoms with Gasteiger partial charge in [0.15, 0.2) is 0 Å². The molecular formula is C22H30N4O4S. The summed E-state index contributed by atoms with van der Waals surface area (Å²) < 4.78 is 32.3. The van der Waals surface area contributed by atoms with E-state index in [0.29, 0.717) is 12.3 Å². The first-order valence-electron chi connectivity index (χ1n) is 10.4. The number of nitrogens with one attached hydrogen (secondary N) is 2. The summed E-state index contributed by atoms with van der Waals surface area (Å²) in [5, 5.41) is 2.89. The highest BCUT2D eigenvalue weighted by Crippen LogP contribution is 2.12. The van der Waals surface area contributed by atoms with Crippen molar-refractivity contribution in [3.8, 4) is 0 Å². The Morgan fingerprint density at radius 1 is 1.13 bits per heavy atom. The van der Waals surface area contributed by atoms with Gasteiger partial charge in [0.1, 0.15) is 5.76 Å². The maximum absolute atomic E-state index is 12.3. The van der Waals surface area contributed by atoms with Crippen molar-refractivity contribution < 1.29 is 17.6 Å². The summed E-state index contributed by atoms with van der Waals surface area (Å²) in [6, 6.07) is 9.76. The van der Waals surface area contributed by atoms with Crippen LogP contribution in [-0.2, 0) is 21.4 Å². The number of rotatable bonds is 10. The summed E-state index contributed by atoms with van der Waals surface area (Å²) in [4.78, 5) is 16.9. The summed E-state index contributed by atoms with van der Waals surface area (Å²) in [5.41, 5.74) is 0.748. The van der Waals surface area contributed by atoms with Gasteiger partial charge < -0.3 is 19.5 Å². The van der Waals surface area contributed by atoms with Gasteiger partial charge in [-0.1, -0.05) is 12.1 Å². The summed E-state index contributed by atoms with van der Waals surface area (Å²) in [7, 11) is -1.50. The number of nitrogens with zero attached hydrogens (tertiary/aromatic N) is 2. The first-order chi connectivity index (χ1) is 14.9. The van der Waals surface area contributed by atoms with E-state index in [1.54, 1.807) is 30.3 Å². The zero-order chi connectivity index (χ0) is 22.1. The largest absolute Gasteiger partial charge is 0.468 e. The van der Waals surface area contributed by atoms with E-state index in [4.69, 9.17) is 4.42 Å². The molecule has 31 heavy (non-hydrogen) atoms. The van der Waals surface area contributed by atoms with Gasteiger partial charge in [-0.2, -0.15) is 0 Å². The molecule has 9 heteroatoms. The minimum Gasteiger partial charge on any atom is -0.468 e. The first kappa shape index (κ1) is 23.2. The molecule has 3 rings (SSSR count). The lowest BCUT2D eigenvalue weighted by atomic mass is 10.2. The van der Waals surface area contributed by atoms with E-state index in [-0.39, 0.29) is 17.3 Å². The third-order valence-corrected chi connectivity index (χ3v) is 6.60. The smallest absolute Gasteiger partial charge is 0.243 e. The van der Waals surface area contributed by atoms with E-state index in [9.17, 15) is 13.2 Å². The lowest BCUT2D eigenvalue weighted by molar-refractivity contribution is -0.116. The minimum atomic E-state index is -3.63. The molecule has 0 unspecified atom stereocenters. The van der Waals surface area contributed by atoms with E-state index in [0.717, 1.165) is 44.7 Å². The van der Waals surface area contributed by atoms with E-state index in [1.807, 2.05) is 0 Å². The highest BCUT2D eigenvalue weighted by Gasteiger charge is 2.14. The second-order valence-corrected chi connectivity index (χ2v) is 9.36. The molecule has 2 N–H and O–H groups in total. The number of piperazine rings is 1. The molecule has 0 spiro atoms. The predicted octanol–water partition coefficient (Wildman–Crippen LogP) is 1.53. The number of sulfonamides is 1. The molecule has 0 aliphatic carbocycles. The van der Waals surface area contributed by atoms with Crippen molar-refractivity contribution in [2.75, 3.05) is 46.3 Å². The molecule has 1 amide bonds. The number of likely N-dealkylation sites (N-methyl/N-ethyl adjacent to an activating group) is 1. The number of benzene rings is 1. The van der Waals surface area contributed by atoms with Gasteiger partial charge >= 0.3 is 0 Å². The summed E-state index contributed by atoms with van der Waals surface area (Å²) >= 11 is 0. The zero-order valence-electron chi connectivity index (χ0n) is 17.8. The van der Waals surface area contributed by atoms with E-state index >= 15 is 0 Å². The number of carbonyl (C=O) groups excluding carboxylic acids is 1. The minimum absolute atomic E-state index is 0.0893. The van der Waals surface area contributed by atoms with Crippen LogP contribution in [0.15, 0.2) is 58.1 Å². The van der Waals surface area contributed by atoms with Crippen LogP contribution < -0.4 is 10.0 Å². The SMILES string of the molecule is CN1CCN(CCCNC(=O)C=Cc2ccc(S(=O)(=O)NCc3ccco3)cc2)CC1. The van der Waals surface area contributed by atoms with Crippen LogP contribution in [0.2, 0.25) is 0 Å². The zero-order valence-corrected chi connectivity index (χ0v) is 18.6. The molecule has 1 aliphatic rings. The highest BCUT2D eigenvalue weighted by molar-refractivity contribution is 7.89. The Labute approximate surface area is 184 Å². The average molecular weight is 447 g/mol. The van der Waals surface area contributed by atoms with E-state index in [2.05, 4.69) is 26.9 Å². The van der Waals surface area contributed by atoms with Crippen LogP contribution in [0.4, 0.5) is 0 Å². The maximum Gasteiger partial charge on any atom is 0.243 e. The average Bonchev–Trinajstić information content (AvgIpc) is 3.29. The molecule has 0 bridgehead atoms. The number of furan rings is 1. The van der Waals surface area contributed by atoms with Crippen LogP contribution >= 0.6 is 0 Å². The van der Waals surface area contributed by atoms with Crippen LogP contribution in [0, 0.1) is 0 Å². The molecule has 2 aromatic rings. The van der Waals surface area contributed by atoms with Gasteiger partial charge in [0.2, 0.25) is 15.9 Å². The Morgan fingerprint density at radius 3 is 2.55 bits per heavy atom. The monoisotopic (exact) mass is 446 g/mol. The van der Waals surface area contributed by atoms with E-state index < -0.39 is 10.0 Å². The highest BCUT2D eigenvalue weighted by atomic mass is 32.2. The van der Waals surface area contributed by atoms with Crippen molar-refractivity contribution in [2.24, 2.45) is 0 Å². The predicted molar refractivity (Wildman–Crippen MR) is 120 cm³/mol. The molecule has 8 nitrogen and oxygen atoms in total. The molecule has 1 fully saturated rings. The molecular weight excluding hydrogens is 416 g/mol. The molecule has 2 heterocycles. The summed E-state index contributed by atoms with van der Waals surface area (Å²) in [6.45, 7) is 6.05. The Morgan fingerprint density at radius 2 is 1.87 bits per heavy atom. The third kappa shape index (κ3) is 7.62. The Balaban J connectivity index is 1.39. The molecule has 0 radical (unpaired) electrons. The van der Waals surface area contributed by atoms with Crippen LogP contribution in [0.25, 0.3) is 6.08 Å². The molecule has 1 aliphatic heterocycles. The number of hydrogen-bond acceptors (Lipinski definition) is 6. The van der Waals surface area contributed by atoms with E-state index in [1.165, 1.54) is 24.5 Å². The third-order valence-electron chi connectivity index (χ3n) is 5.18. The van der Waals surface area contributed by atoms with Crippen LogP contribution in [-0.4, -0.2) is 70.4 Å². The van der Waals surface area contributed by atoms with Gasteiger partial charge in [-0.05, 0) is 55.9 Å². The summed E-state index contributed by atoms with van der Waals surface area (Å²) in [6.07, 6.45) is 5.55. The lowest BCUT2D eigenvalue weighted by Crippen LogP contribution is -2.45. The van der Waals surface area contributed by atoms with Crippen LogP contribution in [0.5, 0.6) is 0 Å². The molecule has 0 saturated carbocycles. The second kappa shape index (κ2) is 11.2. The van der Waals surface area contributed by atoms with Gasteiger partial charge in [0.05, 0.1) is 17.7 Å². The summed E-state index contributed by atoms with van der Waals surface area (Å²) in [5.74, 6) is 0.382. The quantitative estimate of drug-likeness (QED) is 0.425. The van der Waals surface area contributed by atoms with Crippen molar-refractivity contribution >= 4 is 22.0 Å². The van der Waals surface area contributed by atoms with Gasteiger partial charge in [-0.3, -0.25) is 4.79 Å². The molecule has 1 saturated heterocycles. The fourth-order valence-corrected chi connectivity index (χ4v) is 4.23. The fraction of sp³-hybridized carbons (Fsp3) is 0.409. The van der Waals surface area contributed by atoms with Crippen molar-refractivity contribution in [3.05, 3.63) is 60.1 Å². The molecule has 168 valence electrons. The fourth-order valence-electron chi connectivity index (χ4n) is 3.24. The van der Waals surface area contributed by atoms with Gasteiger partial charge in [-0.15, -0.1) is 0 Å². The maximum atomic E-state index is 12.3. The normalized spacial score (nSPS) is 16.0. The molecule has 1 aromatic carbocycles. The Hall–Kier alpha value is -2.46. The number of amides is 1. The Kier molecular flexibility index (Phi) is 8.42. The van der Waals surface area contributed by atoms with Gasteiger partial charge in [0, 0.05) is 38.8 Å². The second-order valence-electron chi connectivity index (χ2n) is 7.60.